The molecule has 20 heavy (non-hydrogen) atoms. The monoisotopic (exact) mass is 271 g/mol. The van der Waals surface area contributed by atoms with Gasteiger partial charge in [0.05, 0.1) is 19.3 Å². The third kappa shape index (κ3) is 2.85. The van der Waals surface area contributed by atoms with Crippen LogP contribution in [0.4, 0.5) is 0 Å². The summed E-state index contributed by atoms with van der Waals surface area (Å²) in [6.07, 6.45) is 4.58. The zero-order chi connectivity index (χ0) is 13.9. The summed E-state index contributed by atoms with van der Waals surface area (Å²) in [5, 5.41) is 3.55. The van der Waals surface area contributed by atoms with Crippen molar-refractivity contribution in [3.63, 3.8) is 0 Å². The molecule has 1 aromatic heterocycles. The number of para-hydroxylation sites is 1. The number of imidazole rings is 1. The summed E-state index contributed by atoms with van der Waals surface area (Å²) in [4.78, 5) is 4.45. The van der Waals surface area contributed by atoms with E-state index in [1.807, 2.05) is 24.4 Å². The zero-order valence-corrected chi connectivity index (χ0v) is 12.1. The summed E-state index contributed by atoms with van der Waals surface area (Å²) in [7, 11) is 1.72. The summed E-state index contributed by atoms with van der Waals surface area (Å²) >= 11 is 0. The Morgan fingerprint density at radius 1 is 1.35 bits per heavy atom. The van der Waals surface area contributed by atoms with Crippen molar-refractivity contribution in [1.82, 2.24) is 14.9 Å². The second-order valence-electron chi connectivity index (χ2n) is 5.35. The van der Waals surface area contributed by atoms with E-state index < -0.39 is 0 Å². The second kappa shape index (κ2) is 5.67. The lowest BCUT2D eigenvalue weighted by Crippen LogP contribution is -2.19. The molecule has 0 spiro atoms. The first-order valence-electron chi connectivity index (χ1n) is 7.14. The Balaban J connectivity index is 1.79. The molecule has 1 heterocycles. The maximum absolute atomic E-state index is 5.43. The quantitative estimate of drug-likeness (QED) is 0.877. The number of aryl methyl sites for hydroxylation is 1. The summed E-state index contributed by atoms with van der Waals surface area (Å²) in [5.74, 6) is 1.98. The van der Waals surface area contributed by atoms with Gasteiger partial charge in [0.2, 0.25) is 0 Å². The number of hydrogen-bond acceptors (Lipinski definition) is 3. The highest BCUT2D eigenvalue weighted by atomic mass is 16.5. The van der Waals surface area contributed by atoms with Gasteiger partial charge in [0.15, 0.2) is 0 Å². The fourth-order valence-electron chi connectivity index (χ4n) is 2.41. The fraction of sp³-hybridized carbons (Fsp3) is 0.438. The average molecular weight is 271 g/mol. The molecule has 4 nitrogen and oxygen atoms in total. The van der Waals surface area contributed by atoms with E-state index in [0.717, 1.165) is 24.7 Å². The molecule has 1 saturated carbocycles. The molecule has 2 aromatic rings. The van der Waals surface area contributed by atoms with Crippen molar-refractivity contribution in [2.24, 2.45) is 0 Å². The van der Waals surface area contributed by atoms with Crippen LogP contribution in [0.2, 0.25) is 0 Å². The van der Waals surface area contributed by atoms with Gasteiger partial charge in [-0.05, 0) is 25.8 Å². The van der Waals surface area contributed by atoms with Gasteiger partial charge >= 0.3 is 0 Å². The Bertz CT molecular complexity index is 587. The van der Waals surface area contributed by atoms with Gasteiger partial charge in [-0.1, -0.05) is 18.2 Å². The molecule has 0 aliphatic heterocycles. The maximum atomic E-state index is 5.43. The Morgan fingerprint density at radius 3 is 2.90 bits per heavy atom. The molecule has 1 aliphatic carbocycles. The standard InChI is InChI=1S/C16H21N3O/c1-12-17-9-15(10-18-14-7-8-14)19(12)11-13-5-3-4-6-16(13)20-2/h3-6,9,14,18H,7-8,10-11H2,1-2H3. The van der Waals surface area contributed by atoms with Crippen LogP contribution < -0.4 is 10.1 Å². The average Bonchev–Trinajstić information content (AvgIpc) is 3.24. The molecule has 0 bridgehead atoms. The van der Waals surface area contributed by atoms with E-state index in [1.54, 1.807) is 7.11 Å². The van der Waals surface area contributed by atoms with E-state index in [0.29, 0.717) is 6.04 Å². The number of hydrogen-bond donors (Lipinski definition) is 1. The summed E-state index contributed by atoms with van der Waals surface area (Å²) in [5.41, 5.74) is 2.42. The Morgan fingerprint density at radius 2 is 2.15 bits per heavy atom. The van der Waals surface area contributed by atoms with Crippen LogP contribution in [0.25, 0.3) is 0 Å². The Labute approximate surface area is 119 Å². The van der Waals surface area contributed by atoms with E-state index in [1.165, 1.54) is 24.1 Å². The van der Waals surface area contributed by atoms with Crippen molar-refractivity contribution in [2.75, 3.05) is 7.11 Å². The Kier molecular flexibility index (Phi) is 3.74. The predicted octanol–water partition coefficient (Wildman–Crippen LogP) is 2.50. The van der Waals surface area contributed by atoms with Gasteiger partial charge in [0, 0.05) is 24.3 Å². The number of ether oxygens (including phenoxy) is 1. The van der Waals surface area contributed by atoms with E-state index in [2.05, 4.69) is 27.9 Å². The van der Waals surface area contributed by atoms with Gasteiger partial charge in [0.1, 0.15) is 11.6 Å². The normalized spacial score (nSPS) is 14.5. The molecule has 1 aromatic carbocycles. The molecule has 0 unspecified atom stereocenters. The second-order valence-corrected chi connectivity index (χ2v) is 5.35. The smallest absolute Gasteiger partial charge is 0.123 e. The van der Waals surface area contributed by atoms with Crippen molar-refractivity contribution in [3.05, 3.63) is 47.5 Å². The molecular formula is C16H21N3O. The number of methoxy groups -OCH3 is 1. The lowest BCUT2D eigenvalue weighted by molar-refractivity contribution is 0.408. The van der Waals surface area contributed by atoms with E-state index in [9.17, 15) is 0 Å². The van der Waals surface area contributed by atoms with Gasteiger partial charge < -0.3 is 14.6 Å². The van der Waals surface area contributed by atoms with E-state index in [4.69, 9.17) is 4.74 Å². The van der Waals surface area contributed by atoms with Crippen molar-refractivity contribution in [3.8, 4) is 5.75 Å². The first kappa shape index (κ1) is 13.2. The van der Waals surface area contributed by atoms with E-state index in [-0.39, 0.29) is 0 Å². The highest BCUT2D eigenvalue weighted by Gasteiger charge is 2.21. The lowest BCUT2D eigenvalue weighted by Gasteiger charge is -2.13. The summed E-state index contributed by atoms with van der Waals surface area (Å²) in [6, 6.07) is 8.87. The van der Waals surface area contributed by atoms with Crippen molar-refractivity contribution < 1.29 is 4.74 Å². The SMILES string of the molecule is COc1ccccc1Cn1c(CNC2CC2)cnc1C. The molecule has 1 N–H and O–H groups in total. The first-order valence-corrected chi connectivity index (χ1v) is 7.14. The molecule has 0 saturated heterocycles. The van der Waals surface area contributed by atoms with Crippen LogP contribution in [0.1, 0.15) is 29.9 Å². The molecular weight excluding hydrogens is 250 g/mol. The molecule has 106 valence electrons. The minimum absolute atomic E-state index is 0.713. The van der Waals surface area contributed by atoms with E-state index >= 15 is 0 Å². The molecule has 0 radical (unpaired) electrons. The van der Waals surface area contributed by atoms with Crippen LogP contribution in [0, 0.1) is 6.92 Å². The molecule has 1 fully saturated rings. The van der Waals surface area contributed by atoms with Gasteiger partial charge in [-0.3, -0.25) is 0 Å². The molecule has 0 atom stereocenters. The van der Waals surface area contributed by atoms with Crippen LogP contribution in [0.15, 0.2) is 30.5 Å². The highest BCUT2D eigenvalue weighted by molar-refractivity contribution is 5.33. The van der Waals surface area contributed by atoms with Gasteiger partial charge in [0.25, 0.3) is 0 Å². The summed E-state index contributed by atoms with van der Waals surface area (Å²) < 4.78 is 7.69. The Hall–Kier alpha value is -1.81. The van der Waals surface area contributed by atoms with Gasteiger partial charge in [-0.25, -0.2) is 4.98 Å². The largest absolute Gasteiger partial charge is 0.496 e. The number of rotatable bonds is 6. The molecule has 3 rings (SSSR count). The maximum Gasteiger partial charge on any atom is 0.123 e. The molecule has 0 amide bonds. The van der Waals surface area contributed by atoms with Crippen molar-refractivity contribution >= 4 is 0 Å². The molecule has 1 aliphatic rings. The van der Waals surface area contributed by atoms with Crippen LogP contribution in [0.5, 0.6) is 5.75 Å². The lowest BCUT2D eigenvalue weighted by atomic mass is 10.2. The van der Waals surface area contributed by atoms with Gasteiger partial charge in [-0.15, -0.1) is 0 Å². The van der Waals surface area contributed by atoms with Crippen LogP contribution in [-0.4, -0.2) is 22.7 Å². The zero-order valence-electron chi connectivity index (χ0n) is 12.1. The topological polar surface area (TPSA) is 39.1 Å². The molecule has 4 heteroatoms. The third-order valence-electron chi connectivity index (χ3n) is 3.81. The fourth-order valence-corrected chi connectivity index (χ4v) is 2.41. The van der Waals surface area contributed by atoms with Crippen molar-refractivity contribution in [2.45, 2.75) is 38.9 Å². The minimum Gasteiger partial charge on any atom is -0.496 e. The van der Waals surface area contributed by atoms with Crippen LogP contribution in [-0.2, 0) is 13.1 Å². The number of aromatic nitrogens is 2. The number of benzene rings is 1. The highest BCUT2D eigenvalue weighted by Crippen LogP contribution is 2.22. The minimum atomic E-state index is 0.713. The van der Waals surface area contributed by atoms with Crippen LogP contribution in [0.3, 0.4) is 0 Å². The summed E-state index contributed by atoms with van der Waals surface area (Å²) in [6.45, 7) is 3.74. The third-order valence-corrected chi connectivity index (χ3v) is 3.81. The predicted molar refractivity (Wildman–Crippen MR) is 78.9 cm³/mol. The van der Waals surface area contributed by atoms with Crippen molar-refractivity contribution in [1.29, 1.82) is 0 Å². The number of nitrogens with one attached hydrogen (secondary N) is 1. The number of nitrogens with zero attached hydrogens (tertiary/aromatic N) is 2. The first-order chi connectivity index (χ1) is 9.78. The van der Waals surface area contributed by atoms with Crippen LogP contribution >= 0.6 is 0 Å². The van der Waals surface area contributed by atoms with Gasteiger partial charge in [-0.2, -0.15) is 0 Å².